The van der Waals surface area contributed by atoms with Crippen LogP contribution >= 0.6 is 0 Å². The van der Waals surface area contributed by atoms with Crippen LogP contribution in [-0.2, 0) is 16.6 Å². The Kier molecular flexibility index (Phi) is 6.54. The van der Waals surface area contributed by atoms with Gasteiger partial charge in [-0.2, -0.15) is 5.10 Å². The van der Waals surface area contributed by atoms with E-state index in [1.807, 2.05) is 0 Å². The maximum Gasteiger partial charge on any atom is 0.276 e. The fourth-order valence-corrected chi connectivity index (χ4v) is 4.76. The fraction of sp³-hybridized carbons (Fsp3) is 0.273. The summed E-state index contributed by atoms with van der Waals surface area (Å²) in [4.78, 5) is 23.0. The van der Waals surface area contributed by atoms with Crippen LogP contribution in [0.3, 0.4) is 0 Å². The van der Waals surface area contributed by atoms with Gasteiger partial charge in [0.15, 0.2) is 5.69 Å². The molecular weight excluding hydrogens is 481 g/mol. The number of nitrogens with one attached hydrogen (secondary N) is 2. The molecule has 184 valence electrons. The number of nitro benzene ring substituents is 1. The maximum atomic E-state index is 13.1. The van der Waals surface area contributed by atoms with Crippen molar-refractivity contribution in [2.24, 2.45) is 0 Å². The van der Waals surface area contributed by atoms with Gasteiger partial charge < -0.3 is 10.1 Å². The standard InChI is InChI=1S/C22H22FN5O6S/c1-3-27-22(13(2)20(25-27)21(29)24-15-6-4-14(23)5-7-15)34-18-11-10-17(28(30)31)12-19(18)35(32,33)26-16-8-9-16/h4-7,10-12,16,26H,3,8-9H2,1-2H3,(H,24,29). The van der Waals surface area contributed by atoms with Gasteiger partial charge in [-0.3, -0.25) is 14.9 Å². The third-order valence-corrected chi connectivity index (χ3v) is 6.82. The SMILES string of the molecule is CCn1nc(C(=O)Nc2ccc(F)cc2)c(C)c1Oc1ccc([N+](=O)[O-])cc1S(=O)(=O)NC1CC1. The molecule has 11 nitrogen and oxygen atoms in total. The predicted molar refractivity (Wildman–Crippen MR) is 124 cm³/mol. The van der Waals surface area contributed by atoms with Crippen LogP contribution in [0.2, 0.25) is 0 Å². The van der Waals surface area contributed by atoms with Crippen LogP contribution < -0.4 is 14.8 Å². The number of non-ortho nitro benzene ring substituents is 1. The summed E-state index contributed by atoms with van der Waals surface area (Å²) in [7, 11) is -4.11. The van der Waals surface area contributed by atoms with Gasteiger partial charge in [-0.15, -0.1) is 0 Å². The average molecular weight is 504 g/mol. The van der Waals surface area contributed by atoms with Gasteiger partial charge in [-0.05, 0) is 57.0 Å². The Morgan fingerprint density at radius 1 is 1.26 bits per heavy atom. The van der Waals surface area contributed by atoms with Gasteiger partial charge in [0.1, 0.15) is 16.5 Å². The van der Waals surface area contributed by atoms with E-state index < -0.39 is 32.4 Å². The van der Waals surface area contributed by atoms with Crippen LogP contribution in [0.5, 0.6) is 11.6 Å². The Labute approximate surface area is 200 Å². The number of sulfonamides is 1. The number of aromatic nitrogens is 2. The van der Waals surface area contributed by atoms with E-state index in [9.17, 15) is 27.7 Å². The molecule has 0 saturated heterocycles. The van der Waals surface area contributed by atoms with Gasteiger partial charge in [0.25, 0.3) is 11.6 Å². The lowest BCUT2D eigenvalue weighted by Crippen LogP contribution is -2.26. The number of anilines is 1. The van der Waals surface area contributed by atoms with E-state index in [0.717, 1.165) is 12.1 Å². The topological polar surface area (TPSA) is 145 Å². The summed E-state index contributed by atoms with van der Waals surface area (Å²) in [5.74, 6) is -1.06. The van der Waals surface area contributed by atoms with Crippen molar-refractivity contribution in [3.05, 3.63) is 69.7 Å². The van der Waals surface area contributed by atoms with Crippen LogP contribution in [-0.4, -0.2) is 35.1 Å². The Morgan fingerprint density at radius 3 is 2.54 bits per heavy atom. The normalized spacial score (nSPS) is 13.5. The number of nitrogens with zero attached hydrogens (tertiary/aromatic N) is 3. The predicted octanol–water partition coefficient (Wildman–Crippen LogP) is 3.74. The lowest BCUT2D eigenvalue weighted by molar-refractivity contribution is -0.385. The highest BCUT2D eigenvalue weighted by Crippen LogP contribution is 2.35. The summed E-state index contributed by atoms with van der Waals surface area (Å²) >= 11 is 0. The maximum absolute atomic E-state index is 13.1. The molecule has 1 heterocycles. The molecule has 1 aliphatic rings. The van der Waals surface area contributed by atoms with E-state index in [1.165, 1.54) is 35.0 Å². The van der Waals surface area contributed by atoms with Crippen molar-refractivity contribution in [3.8, 4) is 11.6 Å². The Morgan fingerprint density at radius 2 is 1.94 bits per heavy atom. The Balaban J connectivity index is 1.69. The second-order valence-electron chi connectivity index (χ2n) is 7.94. The molecule has 4 rings (SSSR count). The molecule has 0 bridgehead atoms. The summed E-state index contributed by atoms with van der Waals surface area (Å²) in [5, 5.41) is 18.1. The van der Waals surface area contributed by atoms with Gasteiger partial charge in [0, 0.05) is 36.0 Å². The number of ether oxygens (including phenoxy) is 1. The highest BCUT2D eigenvalue weighted by atomic mass is 32.2. The molecule has 2 aromatic carbocycles. The zero-order valence-electron chi connectivity index (χ0n) is 18.8. The van der Waals surface area contributed by atoms with E-state index in [0.29, 0.717) is 24.1 Å². The first kappa shape index (κ1) is 24.3. The number of benzene rings is 2. The largest absolute Gasteiger partial charge is 0.438 e. The van der Waals surface area contributed by atoms with Crippen LogP contribution in [0.25, 0.3) is 0 Å². The molecule has 0 spiro atoms. The highest BCUT2D eigenvalue weighted by Gasteiger charge is 2.32. The van der Waals surface area contributed by atoms with Crippen molar-refractivity contribution >= 4 is 27.3 Å². The molecule has 3 aromatic rings. The summed E-state index contributed by atoms with van der Waals surface area (Å²) in [6.07, 6.45) is 1.36. The zero-order valence-corrected chi connectivity index (χ0v) is 19.6. The first-order valence-electron chi connectivity index (χ1n) is 10.7. The average Bonchev–Trinajstić information content (AvgIpc) is 3.56. The monoisotopic (exact) mass is 503 g/mol. The molecule has 0 atom stereocenters. The number of amides is 1. The number of hydrogen-bond donors (Lipinski definition) is 2. The second-order valence-corrected chi connectivity index (χ2v) is 9.62. The number of nitro groups is 1. The summed E-state index contributed by atoms with van der Waals surface area (Å²) < 4.78 is 48.8. The van der Waals surface area contributed by atoms with Crippen LogP contribution in [0.4, 0.5) is 15.8 Å². The van der Waals surface area contributed by atoms with E-state index in [4.69, 9.17) is 4.74 Å². The van der Waals surface area contributed by atoms with Crippen LogP contribution in [0.15, 0.2) is 47.4 Å². The van der Waals surface area contributed by atoms with Crippen molar-refractivity contribution in [3.63, 3.8) is 0 Å². The van der Waals surface area contributed by atoms with E-state index >= 15 is 0 Å². The highest BCUT2D eigenvalue weighted by molar-refractivity contribution is 7.89. The third kappa shape index (κ3) is 5.30. The molecule has 0 unspecified atom stereocenters. The van der Waals surface area contributed by atoms with Crippen molar-refractivity contribution in [1.29, 1.82) is 0 Å². The van der Waals surface area contributed by atoms with E-state index in [2.05, 4.69) is 15.1 Å². The number of rotatable bonds is 9. The molecule has 1 aliphatic carbocycles. The second kappa shape index (κ2) is 9.43. The van der Waals surface area contributed by atoms with Crippen molar-refractivity contribution in [1.82, 2.24) is 14.5 Å². The molecule has 1 fully saturated rings. The van der Waals surface area contributed by atoms with Gasteiger partial charge in [-0.1, -0.05) is 0 Å². The first-order chi connectivity index (χ1) is 16.6. The quantitative estimate of drug-likeness (QED) is 0.334. The van der Waals surface area contributed by atoms with Crippen molar-refractivity contribution in [2.75, 3.05) is 5.32 Å². The van der Waals surface area contributed by atoms with Gasteiger partial charge >= 0.3 is 0 Å². The summed E-state index contributed by atoms with van der Waals surface area (Å²) in [6, 6.07) is 8.25. The number of carbonyl (C=O) groups excluding carboxylic acids is 1. The lowest BCUT2D eigenvalue weighted by atomic mass is 10.2. The Hall–Kier alpha value is -3.84. The molecule has 1 amide bonds. The minimum absolute atomic E-state index is 0.0219. The van der Waals surface area contributed by atoms with E-state index in [-0.39, 0.29) is 34.8 Å². The van der Waals surface area contributed by atoms with Crippen LogP contribution in [0, 0.1) is 22.9 Å². The Bertz CT molecular complexity index is 1400. The molecule has 1 saturated carbocycles. The van der Waals surface area contributed by atoms with Gasteiger partial charge in [0.05, 0.1) is 4.92 Å². The van der Waals surface area contributed by atoms with Gasteiger partial charge in [-0.25, -0.2) is 22.2 Å². The minimum Gasteiger partial charge on any atom is -0.438 e. The smallest absolute Gasteiger partial charge is 0.276 e. The third-order valence-electron chi connectivity index (χ3n) is 5.28. The van der Waals surface area contributed by atoms with Crippen molar-refractivity contribution < 1.29 is 27.3 Å². The number of hydrogen-bond acceptors (Lipinski definition) is 7. The summed E-state index contributed by atoms with van der Waals surface area (Å²) in [6.45, 7) is 3.62. The molecule has 1 aromatic heterocycles. The molecule has 0 radical (unpaired) electrons. The molecular formula is C22H22FN5O6S. The van der Waals surface area contributed by atoms with E-state index in [1.54, 1.807) is 13.8 Å². The van der Waals surface area contributed by atoms with Gasteiger partial charge in [0.2, 0.25) is 15.9 Å². The lowest BCUT2D eigenvalue weighted by Gasteiger charge is -2.13. The first-order valence-corrected chi connectivity index (χ1v) is 12.2. The zero-order chi connectivity index (χ0) is 25.3. The molecule has 2 N–H and O–H groups in total. The number of aryl methyl sites for hydroxylation is 1. The van der Waals surface area contributed by atoms with Crippen molar-refractivity contribution in [2.45, 2.75) is 44.2 Å². The van der Waals surface area contributed by atoms with Crippen LogP contribution in [0.1, 0.15) is 35.8 Å². The number of carbonyl (C=O) groups is 1. The molecule has 13 heteroatoms. The summed E-state index contributed by atoms with van der Waals surface area (Å²) in [5.41, 5.74) is 0.296. The molecule has 35 heavy (non-hydrogen) atoms. The molecule has 0 aliphatic heterocycles. The number of halogens is 1. The fourth-order valence-electron chi connectivity index (χ4n) is 3.31. The minimum atomic E-state index is -4.11.